The zero-order valence-corrected chi connectivity index (χ0v) is 9.47. The first kappa shape index (κ1) is 11.6. The zero-order chi connectivity index (χ0) is 12.3. The van der Waals surface area contributed by atoms with Crippen molar-refractivity contribution in [2.24, 2.45) is 0 Å². The van der Waals surface area contributed by atoms with Crippen molar-refractivity contribution >= 4 is 5.97 Å². The third-order valence-electron chi connectivity index (χ3n) is 2.87. The lowest BCUT2D eigenvalue weighted by Gasteiger charge is -2.19. The largest absolute Gasteiger partial charge is 0.480 e. The van der Waals surface area contributed by atoms with Crippen LogP contribution in [0.15, 0.2) is 24.3 Å². The van der Waals surface area contributed by atoms with Crippen molar-refractivity contribution in [3.05, 3.63) is 35.4 Å². The maximum Gasteiger partial charge on any atom is 0.317 e. The smallest absolute Gasteiger partial charge is 0.317 e. The van der Waals surface area contributed by atoms with Gasteiger partial charge < -0.3 is 5.11 Å². The molecule has 17 heavy (non-hydrogen) atoms. The number of hydrogen-bond acceptors (Lipinski definition) is 3. The minimum absolute atomic E-state index is 0.0880. The van der Waals surface area contributed by atoms with Gasteiger partial charge in [-0.05, 0) is 30.5 Å². The molecule has 2 rings (SSSR count). The van der Waals surface area contributed by atoms with Crippen molar-refractivity contribution in [1.82, 2.24) is 4.90 Å². The van der Waals surface area contributed by atoms with Gasteiger partial charge in [0, 0.05) is 12.6 Å². The zero-order valence-electron chi connectivity index (χ0n) is 9.47. The second-order valence-corrected chi connectivity index (χ2v) is 4.34. The van der Waals surface area contributed by atoms with Crippen LogP contribution in [-0.2, 0) is 11.3 Å². The van der Waals surface area contributed by atoms with Gasteiger partial charge in [0.05, 0.1) is 18.2 Å². The summed E-state index contributed by atoms with van der Waals surface area (Å²) in [6, 6.07) is 9.78. The van der Waals surface area contributed by atoms with Crippen molar-refractivity contribution in [3.8, 4) is 6.07 Å². The average molecular weight is 230 g/mol. The molecule has 1 aromatic rings. The number of carbonyl (C=O) groups is 1. The lowest BCUT2D eigenvalue weighted by molar-refractivity contribution is -0.138. The molecular formula is C13H14N2O2. The first-order valence-electron chi connectivity index (χ1n) is 5.64. The van der Waals surface area contributed by atoms with E-state index in [-0.39, 0.29) is 6.54 Å². The van der Waals surface area contributed by atoms with Crippen LogP contribution in [0.25, 0.3) is 0 Å². The summed E-state index contributed by atoms with van der Waals surface area (Å²) in [5, 5.41) is 17.5. The van der Waals surface area contributed by atoms with Crippen molar-refractivity contribution in [3.63, 3.8) is 0 Å². The standard InChI is InChI=1S/C13H14N2O2/c14-7-10-1-3-11(4-2-10)8-15(9-13(16)17)12-5-6-12/h1-4,12H,5-6,8-9H2,(H,16,17). The molecule has 0 saturated heterocycles. The molecule has 1 N–H and O–H groups in total. The summed E-state index contributed by atoms with van der Waals surface area (Å²) in [6.45, 7) is 0.730. The van der Waals surface area contributed by atoms with Gasteiger partial charge in [0.15, 0.2) is 0 Å². The topological polar surface area (TPSA) is 64.3 Å². The van der Waals surface area contributed by atoms with Gasteiger partial charge in [0.25, 0.3) is 0 Å². The molecule has 0 unspecified atom stereocenters. The molecule has 1 fully saturated rings. The molecule has 0 amide bonds. The normalized spacial score (nSPS) is 14.6. The highest BCUT2D eigenvalue weighted by Crippen LogP contribution is 2.28. The Bertz CT molecular complexity index is 443. The second-order valence-electron chi connectivity index (χ2n) is 4.34. The number of benzene rings is 1. The molecule has 0 aliphatic heterocycles. The van der Waals surface area contributed by atoms with E-state index in [0.29, 0.717) is 18.2 Å². The number of nitriles is 1. The number of carboxylic acid groups (broad SMARTS) is 1. The highest BCUT2D eigenvalue weighted by Gasteiger charge is 2.30. The van der Waals surface area contributed by atoms with Crippen LogP contribution in [0.5, 0.6) is 0 Å². The van der Waals surface area contributed by atoms with Gasteiger partial charge in [-0.1, -0.05) is 12.1 Å². The summed E-state index contributed by atoms with van der Waals surface area (Å²) in [5.74, 6) is -0.787. The van der Waals surface area contributed by atoms with Crippen molar-refractivity contribution in [2.75, 3.05) is 6.54 Å². The highest BCUT2D eigenvalue weighted by atomic mass is 16.4. The maximum atomic E-state index is 10.7. The van der Waals surface area contributed by atoms with Gasteiger partial charge in [0.1, 0.15) is 0 Å². The molecule has 1 aliphatic rings. The predicted molar refractivity (Wildman–Crippen MR) is 62.2 cm³/mol. The fourth-order valence-electron chi connectivity index (χ4n) is 1.85. The van der Waals surface area contributed by atoms with Crippen LogP contribution in [0.4, 0.5) is 0 Å². The summed E-state index contributed by atoms with van der Waals surface area (Å²) in [7, 11) is 0. The molecule has 0 bridgehead atoms. The molecule has 0 heterocycles. The Morgan fingerprint density at radius 1 is 1.41 bits per heavy atom. The Balaban J connectivity index is 2.01. The molecule has 1 aliphatic carbocycles. The summed E-state index contributed by atoms with van der Waals surface area (Å²) >= 11 is 0. The van der Waals surface area contributed by atoms with E-state index in [1.54, 1.807) is 12.1 Å². The van der Waals surface area contributed by atoms with E-state index in [4.69, 9.17) is 10.4 Å². The van der Waals surface area contributed by atoms with E-state index in [0.717, 1.165) is 18.4 Å². The molecule has 0 atom stereocenters. The van der Waals surface area contributed by atoms with Crippen molar-refractivity contribution < 1.29 is 9.90 Å². The SMILES string of the molecule is N#Cc1ccc(CN(CC(=O)O)C2CC2)cc1. The van der Waals surface area contributed by atoms with E-state index in [2.05, 4.69) is 6.07 Å². The van der Waals surface area contributed by atoms with Gasteiger partial charge in [-0.25, -0.2) is 0 Å². The van der Waals surface area contributed by atoms with Gasteiger partial charge in [0.2, 0.25) is 0 Å². The molecule has 1 saturated carbocycles. The summed E-state index contributed by atoms with van der Waals surface area (Å²) in [6.07, 6.45) is 2.17. The van der Waals surface area contributed by atoms with Crippen LogP contribution >= 0.6 is 0 Å². The predicted octanol–water partition coefficient (Wildman–Crippen LogP) is 1.61. The summed E-state index contributed by atoms with van der Waals surface area (Å²) < 4.78 is 0. The lowest BCUT2D eigenvalue weighted by atomic mass is 10.1. The number of carboxylic acids is 1. The van der Waals surface area contributed by atoms with E-state index in [9.17, 15) is 4.79 Å². The minimum atomic E-state index is -0.787. The molecule has 88 valence electrons. The van der Waals surface area contributed by atoms with Gasteiger partial charge in [-0.15, -0.1) is 0 Å². The average Bonchev–Trinajstić information content (AvgIpc) is 3.12. The van der Waals surface area contributed by atoms with Crippen LogP contribution < -0.4 is 0 Å². The molecule has 0 spiro atoms. The molecular weight excluding hydrogens is 216 g/mol. The fourth-order valence-corrected chi connectivity index (χ4v) is 1.85. The van der Waals surface area contributed by atoms with Crippen molar-refractivity contribution in [1.29, 1.82) is 5.26 Å². The molecule has 0 aromatic heterocycles. The highest BCUT2D eigenvalue weighted by molar-refractivity contribution is 5.69. The minimum Gasteiger partial charge on any atom is -0.480 e. The molecule has 1 aromatic carbocycles. The van der Waals surface area contributed by atoms with Crippen LogP contribution in [0, 0.1) is 11.3 Å². The summed E-state index contributed by atoms with van der Waals surface area (Å²) in [5.41, 5.74) is 1.68. The van der Waals surface area contributed by atoms with E-state index >= 15 is 0 Å². The second kappa shape index (κ2) is 4.98. The molecule has 4 nitrogen and oxygen atoms in total. The third-order valence-corrected chi connectivity index (χ3v) is 2.87. The van der Waals surface area contributed by atoms with Crippen LogP contribution in [-0.4, -0.2) is 28.6 Å². The summed E-state index contributed by atoms with van der Waals surface area (Å²) in [4.78, 5) is 12.7. The van der Waals surface area contributed by atoms with Gasteiger partial charge in [-0.3, -0.25) is 9.69 Å². The third kappa shape index (κ3) is 3.30. The monoisotopic (exact) mass is 230 g/mol. The number of rotatable bonds is 5. The number of aliphatic carboxylic acids is 1. The van der Waals surface area contributed by atoms with Crippen molar-refractivity contribution in [2.45, 2.75) is 25.4 Å². The van der Waals surface area contributed by atoms with Crippen LogP contribution in [0.3, 0.4) is 0 Å². The first-order chi connectivity index (χ1) is 8.19. The van der Waals surface area contributed by atoms with Crippen LogP contribution in [0.2, 0.25) is 0 Å². The van der Waals surface area contributed by atoms with Crippen LogP contribution in [0.1, 0.15) is 24.0 Å². The van der Waals surface area contributed by atoms with E-state index in [1.807, 2.05) is 17.0 Å². The number of hydrogen-bond donors (Lipinski definition) is 1. The number of nitrogens with zero attached hydrogens (tertiary/aromatic N) is 2. The fraction of sp³-hybridized carbons (Fsp3) is 0.385. The Labute approximate surface area is 100 Å². The Kier molecular flexibility index (Phi) is 3.40. The van der Waals surface area contributed by atoms with Gasteiger partial charge in [-0.2, -0.15) is 5.26 Å². The van der Waals surface area contributed by atoms with E-state index in [1.165, 1.54) is 0 Å². The Morgan fingerprint density at radius 2 is 2.06 bits per heavy atom. The first-order valence-corrected chi connectivity index (χ1v) is 5.64. The van der Waals surface area contributed by atoms with E-state index < -0.39 is 5.97 Å². The molecule has 4 heteroatoms. The maximum absolute atomic E-state index is 10.7. The quantitative estimate of drug-likeness (QED) is 0.834. The lowest BCUT2D eigenvalue weighted by Crippen LogP contribution is -2.31. The Hall–Kier alpha value is -1.86. The Morgan fingerprint density at radius 3 is 2.53 bits per heavy atom. The van der Waals surface area contributed by atoms with Gasteiger partial charge >= 0.3 is 5.97 Å². The molecule has 0 radical (unpaired) electrons.